The van der Waals surface area contributed by atoms with Crippen molar-refractivity contribution in [3.05, 3.63) is 46.4 Å². The molecule has 2 aromatic rings. The highest BCUT2D eigenvalue weighted by Crippen LogP contribution is 2.31. The summed E-state index contributed by atoms with van der Waals surface area (Å²) in [5.74, 6) is -0.856. The van der Waals surface area contributed by atoms with E-state index >= 15 is 0 Å². The van der Waals surface area contributed by atoms with Crippen molar-refractivity contribution in [3.8, 4) is 0 Å². The summed E-state index contributed by atoms with van der Waals surface area (Å²) in [6.45, 7) is 5.88. The van der Waals surface area contributed by atoms with Gasteiger partial charge in [-0.25, -0.2) is 14.7 Å². The second-order valence-corrected chi connectivity index (χ2v) is 7.74. The number of rotatable bonds is 9. The minimum absolute atomic E-state index is 0.166. The maximum Gasteiger partial charge on any atom is 0.363 e. The third kappa shape index (κ3) is 5.05. The number of nitrogens with zero attached hydrogens (tertiary/aromatic N) is 6. The van der Waals surface area contributed by atoms with Crippen molar-refractivity contribution in [2.24, 2.45) is 0 Å². The first-order valence-corrected chi connectivity index (χ1v) is 10.7. The molecule has 0 saturated carbocycles. The van der Waals surface area contributed by atoms with Crippen LogP contribution in [0.4, 0.5) is 0 Å². The number of aryl methyl sites for hydroxylation is 1. The molecule has 32 heavy (non-hydrogen) atoms. The summed E-state index contributed by atoms with van der Waals surface area (Å²) in [6, 6.07) is 9.45. The standard InChI is InChI=1S/C21H30N6O5/c1-4-25-20(30)26(23-22-25)15-14-24-12-10-21(11-13-24,19(29)31-3)27(17(2)28)32-16-18-8-6-5-7-9-18/h5-9H,4,10-16H2,1-3H3. The first-order chi connectivity index (χ1) is 15.4. The summed E-state index contributed by atoms with van der Waals surface area (Å²) >= 11 is 0. The molecule has 1 saturated heterocycles. The molecule has 3 rings (SSSR count). The molecule has 0 aliphatic carbocycles. The molecule has 1 fully saturated rings. The first kappa shape index (κ1) is 23.6. The Morgan fingerprint density at radius 1 is 1.09 bits per heavy atom. The van der Waals surface area contributed by atoms with Gasteiger partial charge in [-0.1, -0.05) is 30.3 Å². The lowest BCUT2D eigenvalue weighted by atomic mass is 9.86. The minimum Gasteiger partial charge on any atom is -0.467 e. The van der Waals surface area contributed by atoms with Crippen LogP contribution >= 0.6 is 0 Å². The van der Waals surface area contributed by atoms with Gasteiger partial charge in [-0.3, -0.25) is 9.63 Å². The number of hydrogen-bond donors (Lipinski definition) is 0. The molecule has 2 heterocycles. The number of tetrazole rings is 1. The Labute approximate surface area is 186 Å². The Morgan fingerprint density at radius 2 is 1.75 bits per heavy atom. The molecule has 0 N–H and O–H groups in total. The molecular weight excluding hydrogens is 416 g/mol. The van der Waals surface area contributed by atoms with Gasteiger partial charge in [0.05, 0.1) is 13.7 Å². The van der Waals surface area contributed by atoms with E-state index in [4.69, 9.17) is 9.57 Å². The van der Waals surface area contributed by atoms with E-state index in [9.17, 15) is 14.4 Å². The molecular formula is C21H30N6O5. The van der Waals surface area contributed by atoms with E-state index in [-0.39, 0.29) is 18.2 Å². The van der Waals surface area contributed by atoms with E-state index in [1.807, 2.05) is 37.3 Å². The zero-order chi connectivity index (χ0) is 23.1. The van der Waals surface area contributed by atoms with Crippen LogP contribution < -0.4 is 5.69 Å². The second-order valence-electron chi connectivity index (χ2n) is 7.74. The molecule has 0 spiro atoms. The molecule has 11 nitrogen and oxygen atoms in total. The van der Waals surface area contributed by atoms with Gasteiger partial charge in [0.1, 0.15) is 6.61 Å². The number of likely N-dealkylation sites (tertiary alicyclic amines) is 1. The smallest absolute Gasteiger partial charge is 0.363 e. The monoisotopic (exact) mass is 446 g/mol. The number of ether oxygens (including phenoxy) is 1. The van der Waals surface area contributed by atoms with Crippen LogP contribution in [0.1, 0.15) is 32.3 Å². The van der Waals surface area contributed by atoms with Crippen LogP contribution in [-0.2, 0) is 38.9 Å². The van der Waals surface area contributed by atoms with E-state index in [2.05, 4.69) is 15.3 Å². The summed E-state index contributed by atoms with van der Waals surface area (Å²) in [5.41, 5.74) is -0.555. The Bertz CT molecular complexity index is 965. The number of hydrogen-bond acceptors (Lipinski definition) is 8. The van der Waals surface area contributed by atoms with Crippen molar-refractivity contribution in [3.63, 3.8) is 0 Å². The lowest BCUT2D eigenvalue weighted by Gasteiger charge is -2.44. The molecule has 1 aromatic heterocycles. The van der Waals surface area contributed by atoms with E-state index in [0.29, 0.717) is 45.6 Å². The van der Waals surface area contributed by atoms with Crippen LogP contribution in [0.15, 0.2) is 35.1 Å². The third-order valence-corrected chi connectivity index (χ3v) is 5.75. The summed E-state index contributed by atoms with van der Waals surface area (Å²) in [7, 11) is 1.31. The van der Waals surface area contributed by atoms with Crippen molar-refractivity contribution in [1.29, 1.82) is 0 Å². The highest BCUT2D eigenvalue weighted by atomic mass is 16.7. The average Bonchev–Trinajstić information content (AvgIpc) is 3.17. The Hall–Kier alpha value is -3.05. The Balaban J connectivity index is 1.67. The van der Waals surface area contributed by atoms with Crippen molar-refractivity contribution in [2.75, 3.05) is 26.7 Å². The van der Waals surface area contributed by atoms with Crippen LogP contribution in [0, 0.1) is 0 Å². The van der Waals surface area contributed by atoms with Gasteiger partial charge >= 0.3 is 11.7 Å². The highest BCUT2D eigenvalue weighted by molar-refractivity contribution is 5.86. The molecule has 0 atom stereocenters. The molecule has 1 aromatic carbocycles. The van der Waals surface area contributed by atoms with Crippen molar-refractivity contribution < 1.29 is 19.2 Å². The SMILES string of the molecule is CCn1nnn(CCN2CCC(C(=O)OC)(N(OCc3ccccc3)C(C)=O)CC2)c1=O. The maximum absolute atomic E-state index is 12.8. The first-order valence-electron chi connectivity index (χ1n) is 10.7. The van der Waals surface area contributed by atoms with Crippen molar-refractivity contribution in [2.45, 2.75) is 51.9 Å². The van der Waals surface area contributed by atoms with Crippen LogP contribution in [0.5, 0.6) is 0 Å². The van der Waals surface area contributed by atoms with Gasteiger partial charge in [-0.2, -0.15) is 9.36 Å². The van der Waals surface area contributed by atoms with E-state index in [1.165, 1.54) is 28.5 Å². The van der Waals surface area contributed by atoms with Crippen LogP contribution in [0.25, 0.3) is 0 Å². The van der Waals surface area contributed by atoms with Gasteiger partial charge < -0.3 is 9.64 Å². The fourth-order valence-corrected chi connectivity index (χ4v) is 3.94. The number of hydroxylamine groups is 2. The molecule has 1 amide bonds. The minimum atomic E-state index is -1.20. The maximum atomic E-state index is 12.8. The number of carbonyl (C=O) groups is 2. The van der Waals surface area contributed by atoms with Gasteiger partial charge in [-0.05, 0) is 35.8 Å². The highest BCUT2D eigenvalue weighted by Gasteiger charge is 2.50. The Kier molecular flexibility index (Phi) is 7.75. The molecule has 0 unspecified atom stereocenters. The van der Waals surface area contributed by atoms with E-state index in [0.717, 1.165) is 5.56 Å². The summed E-state index contributed by atoms with van der Waals surface area (Å²) in [6.07, 6.45) is 0.704. The van der Waals surface area contributed by atoms with Crippen LogP contribution in [-0.4, -0.2) is 73.9 Å². The number of carbonyl (C=O) groups excluding carboxylic acids is 2. The molecule has 0 bridgehead atoms. The van der Waals surface area contributed by atoms with Crippen LogP contribution in [0.2, 0.25) is 0 Å². The normalized spacial score (nSPS) is 16.0. The molecule has 1 aliphatic heterocycles. The molecule has 0 radical (unpaired) electrons. The number of methoxy groups -OCH3 is 1. The van der Waals surface area contributed by atoms with Gasteiger partial charge in [0, 0.05) is 33.1 Å². The van der Waals surface area contributed by atoms with Crippen molar-refractivity contribution >= 4 is 11.9 Å². The van der Waals surface area contributed by atoms with Gasteiger partial charge in [-0.15, -0.1) is 0 Å². The summed E-state index contributed by atoms with van der Waals surface area (Å²) in [4.78, 5) is 45.4. The number of esters is 1. The molecule has 1 aliphatic rings. The zero-order valence-electron chi connectivity index (χ0n) is 18.8. The van der Waals surface area contributed by atoms with Gasteiger partial charge in [0.15, 0.2) is 5.54 Å². The topological polar surface area (TPSA) is 112 Å². The number of amides is 1. The second kappa shape index (κ2) is 10.5. The average molecular weight is 447 g/mol. The van der Waals surface area contributed by atoms with Crippen molar-refractivity contribution in [1.82, 2.24) is 29.8 Å². The molecule has 11 heteroatoms. The largest absolute Gasteiger partial charge is 0.467 e. The Morgan fingerprint density at radius 3 is 2.31 bits per heavy atom. The van der Waals surface area contributed by atoms with E-state index in [1.54, 1.807) is 0 Å². The summed E-state index contributed by atoms with van der Waals surface area (Å²) in [5, 5.41) is 8.89. The number of piperidine rings is 1. The quantitative estimate of drug-likeness (QED) is 0.403. The predicted octanol–water partition coefficient (Wildman–Crippen LogP) is 0.448. The number of aromatic nitrogens is 4. The fraction of sp³-hybridized carbons (Fsp3) is 0.571. The lowest BCUT2D eigenvalue weighted by Crippen LogP contribution is -2.61. The molecule has 174 valence electrons. The van der Waals surface area contributed by atoms with E-state index < -0.39 is 11.5 Å². The van der Waals surface area contributed by atoms with Crippen LogP contribution in [0.3, 0.4) is 0 Å². The van der Waals surface area contributed by atoms with Gasteiger partial charge in [0.2, 0.25) is 5.91 Å². The zero-order valence-corrected chi connectivity index (χ0v) is 18.8. The fourth-order valence-electron chi connectivity index (χ4n) is 3.94. The van der Waals surface area contributed by atoms with Gasteiger partial charge in [0.25, 0.3) is 0 Å². The lowest BCUT2D eigenvalue weighted by molar-refractivity contribution is -0.240. The summed E-state index contributed by atoms with van der Waals surface area (Å²) < 4.78 is 7.70. The number of benzene rings is 1. The predicted molar refractivity (Wildman–Crippen MR) is 114 cm³/mol. The third-order valence-electron chi connectivity index (χ3n) is 5.75.